The van der Waals surface area contributed by atoms with Gasteiger partial charge in [-0.15, -0.1) is 0 Å². The molecule has 0 radical (unpaired) electrons. The molecule has 4 rings (SSSR count). The SMILES string of the molecule is CC(C)c1cc(C(F)(F)F)cc(C=Nc2cccc3cccc(N=Cc4cc(C(F)(F)F)cc(C(C)C)c4O)c23)c1O. The quantitative estimate of drug-likeness (QED) is 0.174. The summed E-state index contributed by atoms with van der Waals surface area (Å²) in [6.07, 6.45) is -6.99. The summed E-state index contributed by atoms with van der Waals surface area (Å²) in [6.45, 7) is 6.66. The highest BCUT2D eigenvalue weighted by molar-refractivity contribution is 6.04. The molecular weight excluding hydrogens is 558 g/mol. The Morgan fingerprint density at radius 1 is 0.619 bits per heavy atom. The van der Waals surface area contributed by atoms with E-state index in [4.69, 9.17) is 0 Å². The van der Waals surface area contributed by atoms with Gasteiger partial charge in [0.1, 0.15) is 11.5 Å². The van der Waals surface area contributed by atoms with E-state index < -0.39 is 23.5 Å². The molecule has 4 aromatic carbocycles. The van der Waals surface area contributed by atoms with Gasteiger partial charge in [-0.1, -0.05) is 52.0 Å². The van der Waals surface area contributed by atoms with E-state index in [1.54, 1.807) is 64.1 Å². The molecule has 220 valence electrons. The van der Waals surface area contributed by atoms with Crippen LogP contribution in [0.4, 0.5) is 37.7 Å². The highest BCUT2D eigenvalue weighted by Gasteiger charge is 2.33. The summed E-state index contributed by atoms with van der Waals surface area (Å²) in [5.41, 5.74) is -1.24. The highest BCUT2D eigenvalue weighted by atomic mass is 19.4. The zero-order valence-corrected chi connectivity index (χ0v) is 23.1. The lowest BCUT2D eigenvalue weighted by atomic mass is 9.96. The fourth-order valence-electron chi connectivity index (χ4n) is 4.56. The van der Waals surface area contributed by atoms with Crippen LogP contribution in [0.2, 0.25) is 0 Å². The average Bonchev–Trinajstić information content (AvgIpc) is 2.90. The molecule has 0 aromatic heterocycles. The first kappa shape index (κ1) is 30.6. The molecule has 2 N–H and O–H groups in total. The molecule has 10 heteroatoms. The number of rotatable bonds is 6. The molecular formula is C32H28F6N2O2. The minimum Gasteiger partial charge on any atom is -0.507 e. The van der Waals surface area contributed by atoms with Gasteiger partial charge >= 0.3 is 12.4 Å². The number of alkyl halides is 6. The molecule has 4 aromatic rings. The molecule has 0 spiro atoms. The summed E-state index contributed by atoms with van der Waals surface area (Å²) >= 11 is 0. The number of benzene rings is 4. The van der Waals surface area contributed by atoms with E-state index >= 15 is 0 Å². The summed E-state index contributed by atoms with van der Waals surface area (Å²) in [5, 5.41) is 22.5. The van der Waals surface area contributed by atoms with Gasteiger partial charge in [-0.25, -0.2) is 0 Å². The molecule has 0 fully saturated rings. The van der Waals surface area contributed by atoms with Gasteiger partial charge in [-0.2, -0.15) is 26.3 Å². The first-order valence-corrected chi connectivity index (χ1v) is 13.1. The Morgan fingerprint density at radius 3 is 1.33 bits per heavy atom. The number of hydrogen-bond acceptors (Lipinski definition) is 4. The van der Waals surface area contributed by atoms with Gasteiger partial charge in [0.05, 0.1) is 22.5 Å². The minimum absolute atomic E-state index is 0.121. The van der Waals surface area contributed by atoms with Gasteiger partial charge in [-0.05, 0) is 64.7 Å². The molecule has 0 unspecified atom stereocenters. The molecule has 0 atom stereocenters. The second-order valence-electron chi connectivity index (χ2n) is 10.5. The summed E-state index contributed by atoms with van der Waals surface area (Å²) in [7, 11) is 0. The third kappa shape index (κ3) is 6.42. The van der Waals surface area contributed by atoms with E-state index in [1.165, 1.54) is 0 Å². The Labute approximate surface area is 238 Å². The van der Waals surface area contributed by atoms with E-state index in [0.29, 0.717) is 22.1 Å². The molecule has 0 bridgehead atoms. The van der Waals surface area contributed by atoms with Gasteiger partial charge in [-0.3, -0.25) is 9.98 Å². The van der Waals surface area contributed by atoms with Crippen LogP contribution in [0.3, 0.4) is 0 Å². The summed E-state index contributed by atoms with van der Waals surface area (Å²) in [6, 6.07) is 13.5. The molecule has 0 amide bonds. The minimum atomic E-state index is -4.63. The van der Waals surface area contributed by atoms with Gasteiger partial charge in [0, 0.05) is 28.9 Å². The summed E-state index contributed by atoms with van der Waals surface area (Å²) < 4.78 is 81.3. The number of phenolic OH excluding ortho intramolecular Hbond substituents is 2. The van der Waals surface area contributed by atoms with E-state index in [2.05, 4.69) is 9.98 Å². The Morgan fingerprint density at radius 2 is 1.00 bits per heavy atom. The second-order valence-corrected chi connectivity index (χ2v) is 10.5. The Bertz CT molecular complexity index is 1570. The van der Waals surface area contributed by atoms with Crippen LogP contribution in [0, 0.1) is 0 Å². The molecule has 0 saturated carbocycles. The lowest BCUT2D eigenvalue weighted by Gasteiger charge is -2.15. The third-order valence-electron chi connectivity index (χ3n) is 6.78. The highest BCUT2D eigenvalue weighted by Crippen LogP contribution is 2.40. The maximum absolute atomic E-state index is 13.6. The van der Waals surface area contributed by atoms with Crippen molar-refractivity contribution in [1.82, 2.24) is 0 Å². The standard InChI is InChI=1S/C32H28F6N2O2/c1-17(2)24-13-22(31(33,34)35)11-20(29(24)41)15-39-26-9-5-7-19-8-6-10-27(28(19)26)40-16-21-12-23(32(36,37)38)14-25(18(3)4)30(21)42/h5-18,41-42H,1-4H3. The van der Waals surface area contributed by atoms with Crippen LogP contribution in [-0.2, 0) is 12.4 Å². The molecule has 0 saturated heterocycles. The van der Waals surface area contributed by atoms with Crippen LogP contribution in [0.1, 0.15) is 72.9 Å². The summed E-state index contributed by atoms with van der Waals surface area (Å²) in [5.74, 6) is -1.41. The van der Waals surface area contributed by atoms with Crippen LogP contribution in [0.15, 0.2) is 70.6 Å². The summed E-state index contributed by atoms with van der Waals surface area (Å²) in [4.78, 5) is 8.76. The first-order chi connectivity index (χ1) is 19.6. The van der Waals surface area contributed by atoms with Crippen molar-refractivity contribution in [3.8, 4) is 11.5 Å². The maximum Gasteiger partial charge on any atom is 0.416 e. The Hall–Kier alpha value is -4.34. The Kier molecular flexibility index (Phi) is 8.39. The normalized spacial score (nSPS) is 13.0. The van der Waals surface area contributed by atoms with Crippen molar-refractivity contribution in [3.05, 3.63) is 94.0 Å². The number of phenols is 2. The van der Waals surface area contributed by atoms with Crippen molar-refractivity contribution in [2.45, 2.75) is 51.9 Å². The maximum atomic E-state index is 13.6. The van der Waals surface area contributed by atoms with Gasteiger partial charge in [0.25, 0.3) is 0 Å². The number of aliphatic imine (C=N–C) groups is 2. The number of fused-ring (bicyclic) bond motifs is 1. The number of aromatic hydroxyl groups is 2. The Balaban J connectivity index is 1.84. The van der Waals surface area contributed by atoms with Crippen molar-refractivity contribution >= 4 is 34.6 Å². The lowest BCUT2D eigenvalue weighted by Crippen LogP contribution is -2.07. The molecule has 0 heterocycles. The van der Waals surface area contributed by atoms with Crippen LogP contribution in [-0.4, -0.2) is 22.6 Å². The number of hydrogen-bond donors (Lipinski definition) is 2. The monoisotopic (exact) mass is 586 g/mol. The van der Waals surface area contributed by atoms with Crippen molar-refractivity contribution in [1.29, 1.82) is 0 Å². The van der Waals surface area contributed by atoms with Crippen molar-refractivity contribution in [2.24, 2.45) is 9.98 Å². The van der Waals surface area contributed by atoms with E-state index in [-0.39, 0.29) is 45.6 Å². The molecule has 0 aliphatic carbocycles. The number of halogens is 6. The smallest absolute Gasteiger partial charge is 0.416 e. The van der Waals surface area contributed by atoms with Crippen LogP contribution < -0.4 is 0 Å². The van der Waals surface area contributed by atoms with Crippen molar-refractivity contribution in [2.75, 3.05) is 0 Å². The van der Waals surface area contributed by atoms with Crippen molar-refractivity contribution < 1.29 is 36.6 Å². The fourth-order valence-corrected chi connectivity index (χ4v) is 4.56. The number of nitrogens with zero attached hydrogens (tertiary/aromatic N) is 2. The molecule has 0 aliphatic rings. The average molecular weight is 587 g/mol. The molecule has 0 aliphatic heterocycles. The van der Waals surface area contributed by atoms with Crippen molar-refractivity contribution in [3.63, 3.8) is 0 Å². The topological polar surface area (TPSA) is 65.2 Å². The fraction of sp³-hybridized carbons (Fsp3) is 0.250. The van der Waals surface area contributed by atoms with Crippen LogP contribution in [0.5, 0.6) is 11.5 Å². The van der Waals surface area contributed by atoms with Gasteiger partial charge < -0.3 is 10.2 Å². The largest absolute Gasteiger partial charge is 0.507 e. The van der Waals surface area contributed by atoms with Crippen LogP contribution in [0.25, 0.3) is 10.8 Å². The van der Waals surface area contributed by atoms with Gasteiger partial charge in [0.15, 0.2) is 0 Å². The molecule has 4 nitrogen and oxygen atoms in total. The van der Waals surface area contributed by atoms with E-state index in [1.807, 2.05) is 0 Å². The molecule has 42 heavy (non-hydrogen) atoms. The van der Waals surface area contributed by atoms with Gasteiger partial charge in [0.2, 0.25) is 0 Å². The third-order valence-corrected chi connectivity index (χ3v) is 6.78. The van der Waals surface area contributed by atoms with E-state index in [9.17, 15) is 36.6 Å². The zero-order chi connectivity index (χ0) is 31.0. The predicted molar refractivity (Wildman–Crippen MR) is 153 cm³/mol. The second kappa shape index (κ2) is 11.5. The lowest BCUT2D eigenvalue weighted by molar-refractivity contribution is -0.138. The zero-order valence-electron chi connectivity index (χ0n) is 23.1. The first-order valence-electron chi connectivity index (χ1n) is 13.1. The van der Waals surface area contributed by atoms with E-state index in [0.717, 1.165) is 36.7 Å². The predicted octanol–water partition coefficient (Wildman–Crippen LogP) is 10.0. The van der Waals surface area contributed by atoms with Crippen LogP contribution >= 0.6 is 0 Å².